The molecule has 0 radical (unpaired) electrons. The van der Waals surface area contributed by atoms with Crippen LogP contribution in [0.3, 0.4) is 0 Å². The van der Waals surface area contributed by atoms with Crippen LogP contribution in [-0.4, -0.2) is 21.6 Å². The summed E-state index contributed by atoms with van der Waals surface area (Å²) in [6.45, 7) is 0. The van der Waals surface area contributed by atoms with Crippen molar-refractivity contribution in [3.8, 4) is 11.4 Å². The van der Waals surface area contributed by atoms with Crippen LogP contribution in [0.15, 0.2) is 61.2 Å². The van der Waals surface area contributed by atoms with E-state index in [1.54, 1.807) is 53.4 Å². The molecule has 1 aromatic heterocycles. The van der Waals surface area contributed by atoms with Crippen LogP contribution >= 0.6 is 0 Å². The molecule has 4 rings (SSSR count). The number of hydrogen-bond donors (Lipinski definition) is 1. The number of nitrogens with one attached hydrogen (secondary N) is 1. The van der Waals surface area contributed by atoms with Crippen molar-refractivity contribution in [2.45, 2.75) is 31.8 Å². The first-order valence-electron chi connectivity index (χ1n) is 9.05. The van der Waals surface area contributed by atoms with Crippen LogP contribution in [0.4, 0.5) is 10.1 Å². The van der Waals surface area contributed by atoms with E-state index in [4.69, 9.17) is 4.74 Å². The number of hydrogen-bond acceptors (Lipinski definition) is 3. The summed E-state index contributed by atoms with van der Waals surface area (Å²) < 4.78 is 21.8. The van der Waals surface area contributed by atoms with Gasteiger partial charge in [0.05, 0.1) is 18.1 Å². The molecule has 0 bridgehead atoms. The van der Waals surface area contributed by atoms with Crippen molar-refractivity contribution in [3.05, 3.63) is 72.6 Å². The van der Waals surface area contributed by atoms with E-state index in [-0.39, 0.29) is 12.0 Å². The Kier molecular flexibility index (Phi) is 4.87. The average Bonchev–Trinajstić information content (AvgIpc) is 3.36. The van der Waals surface area contributed by atoms with Gasteiger partial charge >= 0.3 is 0 Å². The van der Waals surface area contributed by atoms with E-state index >= 15 is 0 Å². The molecule has 1 saturated carbocycles. The van der Waals surface area contributed by atoms with E-state index in [0.717, 1.165) is 18.6 Å². The molecule has 1 fully saturated rings. The van der Waals surface area contributed by atoms with Crippen molar-refractivity contribution in [1.82, 2.24) is 9.55 Å². The Labute approximate surface area is 156 Å². The number of aromatic nitrogens is 2. The van der Waals surface area contributed by atoms with Gasteiger partial charge in [0.2, 0.25) is 0 Å². The quantitative estimate of drug-likeness (QED) is 0.720. The second kappa shape index (κ2) is 7.61. The second-order valence-electron chi connectivity index (χ2n) is 6.64. The summed E-state index contributed by atoms with van der Waals surface area (Å²) in [4.78, 5) is 16.3. The number of halogens is 1. The number of carbonyl (C=O) groups excluding carboxylic acids is 1. The number of amides is 1. The Hall–Kier alpha value is -3.15. The molecule has 2 aromatic carbocycles. The smallest absolute Gasteiger partial charge is 0.255 e. The van der Waals surface area contributed by atoms with E-state index in [2.05, 4.69) is 10.3 Å². The highest BCUT2D eigenvalue weighted by Gasteiger charge is 2.16. The van der Waals surface area contributed by atoms with Gasteiger partial charge in [0, 0.05) is 23.6 Å². The summed E-state index contributed by atoms with van der Waals surface area (Å²) in [5.74, 6) is 0.0393. The molecule has 5 nitrogen and oxygen atoms in total. The van der Waals surface area contributed by atoms with E-state index in [1.807, 2.05) is 0 Å². The zero-order valence-electron chi connectivity index (χ0n) is 14.8. The molecule has 27 heavy (non-hydrogen) atoms. The zero-order valence-corrected chi connectivity index (χ0v) is 14.8. The Bertz CT molecular complexity index is 917. The summed E-state index contributed by atoms with van der Waals surface area (Å²) in [6, 6.07) is 11.6. The van der Waals surface area contributed by atoms with Crippen molar-refractivity contribution in [2.75, 3.05) is 5.32 Å². The number of rotatable bonds is 5. The summed E-state index contributed by atoms with van der Waals surface area (Å²) in [7, 11) is 0. The van der Waals surface area contributed by atoms with Crippen molar-refractivity contribution in [2.24, 2.45) is 0 Å². The molecular formula is C21H20FN3O2. The minimum atomic E-state index is -0.439. The molecule has 0 atom stereocenters. The highest BCUT2D eigenvalue weighted by atomic mass is 19.1. The summed E-state index contributed by atoms with van der Waals surface area (Å²) in [5.41, 5.74) is 1.26. The fourth-order valence-electron chi connectivity index (χ4n) is 3.28. The fraction of sp³-hybridized carbons (Fsp3) is 0.238. The van der Waals surface area contributed by atoms with Crippen LogP contribution in [-0.2, 0) is 0 Å². The highest BCUT2D eigenvalue weighted by molar-refractivity contribution is 6.04. The fourth-order valence-corrected chi connectivity index (χ4v) is 3.28. The summed E-state index contributed by atoms with van der Waals surface area (Å²) >= 11 is 0. The lowest BCUT2D eigenvalue weighted by Gasteiger charge is -2.13. The molecule has 6 heteroatoms. The number of imidazole rings is 1. The van der Waals surface area contributed by atoms with E-state index < -0.39 is 5.82 Å². The van der Waals surface area contributed by atoms with Gasteiger partial charge in [-0.2, -0.15) is 0 Å². The van der Waals surface area contributed by atoms with Crippen LogP contribution < -0.4 is 10.1 Å². The maximum Gasteiger partial charge on any atom is 0.255 e. The van der Waals surface area contributed by atoms with Gasteiger partial charge < -0.3 is 14.6 Å². The first kappa shape index (κ1) is 17.3. The molecular weight excluding hydrogens is 345 g/mol. The lowest BCUT2D eigenvalue weighted by Crippen LogP contribution is -2.13. The molecule has 1 aliphatic rings. The predicted octanol–water partition coefficient (Wildman–Crippen LogP) is 4.59. The topological polar surface area (TPSA) is 56.2 Å². The van der Waals surface area contributed by atoms with Crippen molar-refractivity contribution >= 4 is 11.6 Å². The molecule has 1 amide bonds. The van der Waals surface area contributed by atoms with Crippen LogP contribution in [0, 0.1) is 5.82 Å². The summed E-state index contributed by atoms with van der Waals surface area (Å²) in [6.07, 6.45) is 9.63. The lowest BCUT2D eigenvalue weighted by atomic mass is 10.2. The average molecular weight is 365 g/mol. The van der Waals surface area contributed by atoms with Gasteiger partial charge in [0.15, 0.2) is 0 Å². The number of carbonyl (C=O) groups is 1. The van der Waals surface area contributed by atoms with Gasteiger partial charge in [-0.15, -0.1) is 0 Å². The van der Waals surface area contributed by atoms with Crippen LogP contribution in [0.2, 0.25) is 0 Å². The second-order valence-corrected chi connectivity index (χ2v) is 6.64. The largest absolute Gasteiger partial charge is 0.490 e. The Balaban J connectivity index is 1.42. The van der Waals surface area contributed by atoms with Crippen LogP contribution in [0.1, 0.15) is 36.0 Å². The van der Waals surface area contributed by atoms with E-state index in [1.165, 1.54) is 25.2 Å². The Morgan fingerprint density at radius 3 is 2.59 bits per heavy atom. The molecule has 0 spiro atoms. The van der Waals surface area contributed by atoms with Gasteiger partial charge in [-0.1, -0.05) is 0 Å². The van der Waals surface area contributed by atoms with Crippen LogP contribution in [0.25, 0.3) is 5.69 Å². The minimum absolute atomic E-state index is 0.279. The van der Waals surface area contributed by atoms with E-state index in [0.29, 0.717) is 16.9 Å². The zero-order chi connectivity index (χ0) is 18.6. The maximum absolute atomic E-state index is 14.3. The van der Waals surface area contributed by atoms with Gasteiger partial charge in [-0.25, -0.2) is 9.37 Å². The molecule has 1 N–H and O–H groups in total. The molecule has 0 aliphatic heterocycles. The standard InChI is InChI=1S/C21H20FN3O2/c22-19-13-16(7-10-20(19)25-12-11-23-14-25)24-21(26)15-5-8-18(9-6-15)27-17-3-1-2-4-17/h5-14,17H,1-4H2,(H,24,26). The van der Waals surface area contributed by atoms with Gasteiger partial charge in [-0.3, -0.25) is 4.79 Å². The molecule has 3 aromatic rings. The van der Waals surface area contributed by atoms with Crippen molar-refractivity contribution in [1.29, 1.82) is 0 Å². The molecule has 0 unspecified atom stereocenters. The number of benzene rings is 2. The first-order valence-corrected chi connectivity index (χ1v) is 9.05. The predicted molar refractivity (Wildman–Crippen MR) is 101 cm³/mol. The molecule has 138 valence electrons. The summed E-state index contributed by atoms with van der Waals surface area (Å²) in [5, 5.41) is 2.72. The number of nitrogens with zero attached hydrogens (tertiary/aromatic N) is 2. The van der Waals surface area contributed by atoms with Gasteiger partial charge in [0.25, 0.3) is 5.91 Å². The van der Waals surface area contributed by atoms with Crippen molar-refractivity contribution in [3.63, 3.8) is 0 Å². The lowest BCUT2D eigenvalue weighted by molar-refractivity contribution is 0.102. The third-order valence-corrected chi connectivity index (χ3v) is 4.71. The maximum atomic E-state index is 14.3. The molecule has 1 aliphatic carbocycles. The third kappa shape index (κ3) is 4.00. The highest BCUT2D eigenvalue weighted by Crippen LogP contribution is 2.24. The Morgan fingerprint density at radius 2 is 1.93 bits per heavy atom. The normalized spacial score (nSPS) is 14.3. The van der Waals surface area contributed by atoms with Gasteiger partial charge in [-0.05, 0) is 68.1 Å². The van der Waals surface area contributed by atoms with Crippen LogP contribution in [0.5, 0.6) is 5.75 Å². The number of ether oxygens (including phenoxy) is 1. The number of anilines is 1. The first-order chi connectivity index (χ1) is 13.2. The monoisotopic (exact) mass is 365 g/mol. The SMILES string of the molecule is O=C(Nc1ccc(-n2ccnc2)c(F)c1)c1ccc(OC2CCCC2)cc1. The third-order valence-electron chi connectivity index (χ3n) is 4.71. The minimum Gasteiger partial charge on any atom is -0.490 e. The van der Waals surface area contributed by atoms with Gasteiger partial charge in [0.1, 0.15) is 11.6 Å². The molecule has 1 heterocycles. The Morgan fingerprint density at radius 1 is 1.15 bits per heavy atom. The van der Waals surface area contributed by atoms with E-state index in [9.17, 15) is 9.18 Å². The van der Waals surface area contributed by atoms with Crippen molar-refractivity contribution < 1.29 is 13.9 Å². The molecule has 0 saturated heterocycles.